The third-order valence-electron chi connectivity index (χ3n) is 7.81. The van der Waals surface area contributed by atoms with Crippen molar-refractivity contribution in [3.05, 3.63) is 69.8 Å². The number of ether oxygens (including phenoxy) is 1. The number of carbonyl (C=O) groups is 1. The monoisotopic (exact) mass is 558 g/mol. The van der Waals surface area contributed by atoms with Gasteiger partial charge >= 0.3 is 5.97 Å². The van der Waals surface area contributed by atoms with Crippen LogP contribution in [0, 0.1) is 11.8 Å². The first-order chi connectivity index (χ1) is 18.4. The molecule has 1 unspecified atom stereocenters. The molecule has 1 aromatic heterocycles. The summed E-state index contributed by atoms with van der Waals surface area (Å²) in [6.45, 7) is 2.79. The summed E-state index contributed by atoms with van der Waals surface area (Å²) < 4.78 is 5.37. The van der Waals surface area contributed by atoms with Crippen molar-refractivity contribution in [3.8, 4) is 5.75 Å². The van der Waals surface area contributed by atoms with Crippen molar-refractivity contribution in [1.29, 1.82) is 0 Å². The summed E-state index contributed by atoms with van der Waals surface area (Å²) in [5, 5.41) is 22.6. The number of halogens is 2. The summed E-state index contributed by atoms with van der Waals surface area (Å²) in [5.74, 6) is 0.646. The smallest absolute Gasteiger partial charge is 0.303 e. The van der Waals surface area contributed by atoms with Gasteiger partial charge in [0, 0.05) is 24.5 Å². The van der Waals surface area contributed by atoms with Crippen LogP contribution in [0.15, 0.2) is 48.7 Å². The second-order valence-electron chi connectivity index (χ2n) is 10.2. The third kappa shape index (κ3) is 7.38. The molecule has 3 atom stereocenters. The van der Waals surface area contributed by atoms with Crippen molar-refractivity contribution < 1.29 is 19.7 Å². The van der Waals surface area contributed by atoms with Gasteiger partial charge in [-0.15, -0.1) is 0 Å². The van der Waals surface area contributed by atoms with E-state index in [1.54, 1.807) is 19.4 Å². The van der Waals surface area contributed by atoms with Crippen molar-refractivity contribution >= 4 is 40.1 Å². The van der Waals surface area contributed by atoms with E-state index in [0.717, 1.165) is 73.1 Å². The number of rotatable bonds is 12. The number of benzene rings is 2. The van der Waals surface area contributed by atoms with Gasteiger partial charge in [-0.1, -0.05) is 35.3 Å². The van der Waals surface area contributed by atoms with Crippen LogP contribution in [0.5, 0.6) is 5.75 Å². The molecule has 1 fully saturated rings. The Bertz CT molecular complexity index is 1240. The van der Waals surface area contributed by atoms with E-state index >= 15 is 0 Å². The highest BCUT2D eigenvalue weighted by Crippen LogP contribution is 2.35. The minimum atomic E-state index is -0.756. The van der Waals surface area contributed by atoms with Crippen LogP contribution in [0.3, 0.4) is 0 Å². The molecule has 0 spiro atoms. The first kappa shape index (κ1) is 28.6. The molecule has 1 saturated heterocycles. The number of fused-ring (bicyclic) bond motifs is 1. The predicted molar refractivity (Wildman–Crippen MR) is 152 cm³/mol. The Kier molecular flexibility index (Phi) is 10.3. The van der Waals surface area contributed by atoms with E-state index in [4.69, 9.17) is 27.9 Å². The molecule has 0 amide bonds. The van der Waals surface area contributed by atoms with E-state index in [2.05, 4.69) is 9.88 Å². The van der Waals surface area contributed by atoms with Crippen LogP contribution < -0.4 is 4.74 Å². The number of carboxylic acid groups (broad SMARTS) is 1. The molecule has 0 bridgehead atoms. The number of likely N-dealkylation sites (tertiary alicyclic amines) is 1. The molecule has 0 aliphatic carbocycles. The van der Waals surface area contributed by atoms with Gasteiger partial charge in [0.15, 0.2) is 0 Å². The summed E-state index contributed by atoms with van der Waals surface area (Å²) in [5.41, 5.74) is 2.74. The van der Waals surface area contributed by atoms with E-state index < -0.39 is 12.1 Å². The number of nitrogens with zero attached hydrogens (tertiary/aromatic N) is 2. The zero-order chi connectivity index (χ0) is 27.1. The van der Waals surface area contributed by atoms with E-state index in [0.29, 0.717) is 28.8 Å². The third-order valence-corrected chi connectivity index (χ3v) is 8.67. The van der Waals surface area contributed by atoms with E-state index in [-0.39, 0.29) is 12.3 Å². The maximum atomic E-state index is 11.4. The van der Waals surface area contributed by atoms with E-state index in [1.807, 2.05) is 36.4 Å². The summed E-state index contributed by atoms with van der Waals surface area (Å²) in [6.07, 6.45) is 6.24. The number of aliphatic hydroxyl groups excluding tert-OH is 1. The predicted octanol–water partition coefficient (Wildman–Crippen LogP) is 6.80. The number of aryl methyl sites for hydroxylation is 1. The lowest BCUT2D eigenvalue weighted by atomic mass is 9.79. The zero-order valence-electron chi connectivity index (χ0n) is 21.8. The van der Waals surface area contributed by atoms with Crippen molar-refractivity contribution in [2.75, 3.05) is 26.7 Å². The normalized spacial score (nSPS) is 18.9. The lowest BCUT2D eigenvalue weighted by molar-refractivity contribution is -0.137. The average molecular weight is 560 g/mol. The fourth-order valence-electron chi connectivity index (χ4n) is 5.70. The Labute approximate surface area is 234 Å². The van der Waals surface area contributed by atoms with Crippen molar-refractivity contribution in [2.24, 2.45) is 11.8 Å². The van der Waals surface area contributed by atoms with Crippen LogP contribution in [-0.2, 0) is 11.2 Å². The molecule has 204 valence electrons. The number of carboxylic acids is 1. The van der Waals surface area contributed by atoms with Crippen LogP contribution in [-0.4, -0.2) is 52.8 Å². The topological polar surface area (TPSA) is 82.9 Å². The van der Waals surface area contributed by atoms with Crippen molar-refractivity contribution in [3.63, 3.8) is 0 Å². The molecule has 8 heteroatoms. The highest BCUT2D eigenvalue weighted by Gasteiger charge is 2.30. The highest BCUT2D eigenvalue weighted by molar-refractivity contribution is 6.42. The Morgan fingerprint density at radius 2 is 2.03 bits per heavy atom. The molecule has 0 saturated carbocycles. The fraction of sp³-hybridized carbons (Fsp3) is 0.467. The van der Waals surface area contributed by atoms with Gasteiger partial charge in [0.2, 0.25) is 0 Å². The Morgan fingerprint density at radius 3 is 2.82 bits per heavy atom. The van der Waals surface area contributed by atoms with Gasteiger partial charge < -0.3 is 19.8 Å². The summed E-state index contributed by atoms with van der Waals surface area (Å²) >= 11 is 12.5. The van der Waals surface area contributed by atoms with E-state index in [1.165, 1.54) is 0 Å². The number of hydrogen-bond donors (Lipinski definition) is 2. The number of methoxy groups -OCH3 is 1. The lowest BCUT2D eigenvalue weighted by Crippen LogP contribution is -2.41. The number of aliphatic carboxylic acids is 1. The maximum absolute atomic E-state index is 11.4. The first-order valence-corrected chi connectivity index (χ1v) is 14.1. The van der Waals surface area contributed by atoms with Gasteiger partial charge in [0.05, 0.1) is 28.8 Å². The zero-order valence-corrected chi connectivity index (χ0v) is 23.3. The highest BCUT2D eigenvalue weighted by atomic mass is 35.5. The standard InChI is InChI=1S/C30H36Cl2N2O4/c1-38-23-9-10-27-25(18-23)24(13-15-33-27)28(35)11-7-20-14-17-34(19-22(20)8-12-29(36)37)16-3-5-21-4-2-6-26(31)30(21)32/h2,4,6,9-10,13,15,18,20,22,28,35H,3,5,7-8,11-12,14,16-17,19H2,1H3,(H,36,37)/t20-,22+,28?/m1/s1. The number of aromatic nitrogens is 1. The van der Waals surface area contributed by atoms with Crippen LogP contribution in [0.2, 0.25) is 10.0 Å². The maximum Gasteiger partial charge on any atom is 0.303 e. The minimum absolute atomic E-state index is 0.171. The molecule has 2 N–H and O–H groups in total. The van der Waals surface area contributed by atoms with Gasteiger partial charge in [-0.05, 0) is 105 Å². The molecule has 38 heavy (non-hydrogen) atoms. The first-order valence-electron chi connectivity index (χ1n) is 13.3. The molecule has 3 aromatic rings. The number of aliphatic hydroxyl groups is 1. The lowest BCUT2D eigenvalue weighted by Gasteiger charge is -2.39. The van der Waals surface area contributed by atoms with Gasteiger partial charge in [0.1, 0.15) is 5.75 Å². The van der Waals surface area contributed by atoms with Gasteiger partial charge in [-0.3, -0.25) is 9.78 Å². The van der Waals surface area contributed by atoms with Gasteiger partial charge in [0.25, 0.3) is 0 Å². The fourth-order valence-corrected chi connectivity index (χ4v) is 6.12. The quantitative estimate of drug-likeness (QED) is 0.254. The van der Waals surface area contributed by atoms with Crippen molar-refractivity contribution in [1.82, 2.24) is 9.88 Å². The number of hydrogen-bond acceptors (Lipinski definition) is 5. The average Bonchev–Trinajstić information content (AvgIpc) is 2.92. The molecule has 4 rings (SSSR count). The Balaban J connectivity index is 1.36. The van der Waals surface area contributed by atoms with Gasteiger partial charge in [-0.25, -0.2) is 0 Å². The number of pyridine rings is 1. The summed E-state index contributed by atoms with van der Waals surface area (Å²) in [7, 11) is 1.63. The molecule has 2 aromatic carbocycles. The molecule has 1 aliphatic heterocycles. The minimum Gasteiger partial charge on any atom is -0.497 e. The van der Waals surface area contributed by atoms with E-state index in [9.17, 15) is 15.0 Å². The van der Waals surface area contributed by atoms with Crippen LogP contribution in [0.4, 0.5) is 0 Å². The van der Waals surface area contributed by atoms with Crippen molar-refractivity contribution in [2.45, 2.75) is 51.0 Å². The Hall–Kier alpha value is -2.38. The summed E-state index contributed by atoms with van der Waals surface area (Å²) in [6, 6.07) is 13.3. The summed E-state index contributed by atoms with van der Waals surface area (Å²) in [4.78, 5) is 18.2. The van der Waals surface area contributed by atoms with Crippen LogP contribution >= 0.6 is 23.2 Å². The molecule has 6 nitrogen and oxygen atoms in total. The van der Waals surface area contributed by atoms with Gasteiger partial charge in [-0.2, -0.15) is 0 Å². The SMILES string of the molecule is COc1ccc2nccc(C(O)CC[C@@H]3CCN(CCCc4cccc(Cl)c4Cl)C[C@@H]3CCC(=O)O)c2c1. The van der Waals surface area contributed by atoms with Crippen LogP contribution in [0.1, 0.15) is 55.8 Å². The second kappa shape index (κ2) is 13.6. The largest absolute Gasteiger partial charge is 0.497 e. The number of piperidine rings is 1. The molecular formula is C30H36Cl2N2O4. The molecular weight excluding hydrogens is 523 g/mol. The molecule has 0 radical (unpaired) electrons. The van der Waals surface area contributed by atoms with Crippen LogP contribution in [0.25, 0.3) is 10.9 Å². The molecule has 2 heterocycles. The molecule has 1 aliphatic rings. The Morgan fingerprint density at radius 1 is 1.18 bits per heavy atom. The second-order valence-corrected chi connectivity index (χ2v) is 11.0.